The number of hydrogen-bond donors (Lipinski definition) is 1. The highest BCUT2D eigenvalue weighted by Gasteiger charge is 2.32. The molecule has 0 fully saturated rings. The Kier molecular flexibility index (Phi) is 6.92. The van der Waals surface area contributed by atoms with Crippen LogP contribution in [0.4, 0.5) is 17.6 Å². The van der Waals surface area contributed by atoms with Gasteiger partial charge in [0.2, 0.25) is 0 Å². The van der Waals surface area contributed by atoms with Crippen LogP contribution in [0.3, 0.4) is 0 Å². The summed E-state index contributed by atoms with van der Waals surface area (Å²) in [6, 6.07) is 6.56. The minimum absolute atomic E-state index is 0.0144. The lowest BCUT2D eigenvalue weighted by Gasteiger charge is -2.26. The summed E-state index contributed by atoms with van der Waals surface area (Å²) >= 11 is 0. The Morgan fingerprint density at radius 1 is 1.14 bits per heavy atom. The highest BCUT2D eigenvalue weighted by Crippen LogP contribution is 2.41. The molecule has 1 aromatic heterocycles. The molecule has 8 heteroatoms. The first kappa shape index (κ1) is 24.8. The molecule has 0 amide bonds. The Morgan fingerprint density at radius 2 is 1.89 bits per heavy atom. The van der Waals surface area contributed by atoms with Gasteiger partial charge in [0, 0.05) is 23.3 Å². The molecule has 0 saturated heterocycles. The minimum atomic E-state index is -4.58. The Hall–Kier alpha value is -3.29. The van der Waals surface area contributed by atoms with Crippen LogP contribution in [0, 0.1) is 18.8 Å². The van der Waals surface area contributed by atoms with Gasteiger partial charge in [-0.2, -0.15) is 13.2 Å². The predicted molar refractivity (Wildman–Crippen MR) is 125 cm³/mol. The van der Waals surface area contributed by atoms with Crippen LogP contribution >= 0.6 is 0 Å². The second-order valence-electron chi connectivity index (χ2n) is 9.16. The maximum Gasteiger partial charge on any atom is 0.416 e. The maximum atomic E-state index is 14.9. The van der Waals surface area contributed by atoms with E-state index in [1.165, 1.54) is 16.7 Å². The Balaban J connectivity index is 1.80. The molecular weight excluding hydrogens is 462 g/mol. The lowest BCUT2D eigenvalue weighted by atomic mass is 9.85. The van der Waals surface area contributed by atoms with E-state index in [0.29, 0.717) is 23.9 Å². The number of nitrogens with zero attached hydrogens (tertiary/aromatic N) is 1. The third kappa shape index (κ3) is 5.21. The summed E-state index contributed by atoms with van der Waals surface area (Å²) in [4.78, 5) is 11.5. The van der Waals surface area contributed by atoms with Crippen molar-refractivity contribution in [3.8, 4) is 17.0 Å². The van der Waals surface area contributed by atoms with Gasteiger partial charge in [0.05, 0.1) is 23.6 Å². The van der Waals surface area contributed by atoms with E-state index in [1.807, 2.05) is 0 Å². The van der Waals surface area contributed by atoms with Crippen molar-refractivity contribution in [3.05, 3.63) is 71.2 Å². The summed E-state index contributed by atoms with van der Waals surface area (Å²) < 4.78 is 63.3. The van der Waals surface area contributed by atoms with Gasteiger partial charge < -0.3 is 14.4 Å². The second kappa shape index (κ2) is 9.76. The van der Waals surface area contributed by atoms with Gasteiger partial charge in [0.1, 0.15) is 11.6 Å². The summed E-state index contributed by atoms with van der Waals surface area (Å²) in [7, 11) is 0. The molecule has 0 radical (unpaired) electrons. The van der Waals surface area contributed by atoms with Crippen LogP contribution in [0.5, 0.6) is 5.75 Å². The first-order valence-corrected chi connectivity index (χ1v) is 11.6. The number of aromatic nitrogens is 1. The zero-order chi connectivity index (χ0) is 25.3. The van der Waals surface area contributed by atoms with Crippen LogP contribution in [0.1, 0.15) is 43.9 Å². The van der Waals surface area contributed by atoms with Gasteiger partial charge in [0.25, 0.3) is 0 Å². The fourth-order valence-corrected chi connectivity index (χ4v) is 4.58. The van der Waals surface area contributed by atoms with Crippen molar-refractivity contribution < 1.29 is 32.2 Å². The third-order valence-electron chi connectivity index (χ3n) is 6.75. The smallest absolute Gasteiger partial charge is 0.416 e. The molecule has 0 spiro atoms. The number of halogens is 4. The van der Waals surface area contributed by atoms with Crippen LogP contribution in [0.25, 0.3) is 17.0 Å². The zero-order valence-electron chi connectivity index (χ0n) is 19.5. The number of alkyl halides is 3. The number of aryl methyl sites for hydroxylation is 1. The van der Waals surface area contributed by atoms with Crippen molar-refractivity contribution >= 4 is 11.7 Å². The number of aliphatic carboxylic acids is 1. The molecule has 2 aliphatic carbocycles. The third-order valence-corrected chi connectivity index (χ3v) is 6.75. The van der Waals surface area contributed by atoms with Gasteiger partial charge in [-0.3, -0.25) is 0 Å². The first-order chi connectivity index (χ1) is 16.6. The van der Waals surface area contributed by atoms with Gasteiger partial charge in [-0.1, -0.05) is 19.1 Å². The molecule has 2 unspecified atom stereocenters. The van der Waals surface area contributed by atoms with E-state index in [-0.39, 0.29) is 41.3 Å². The highest BCUT2D eigenvalue weighted by molar-refractivity contribution is 5.91. The van der Waals surface area contributed by atoms with Crippen molar-refractivity contribution in [2.24, 2.45) is 11.8 Å². The number of carbonyl (C=O) groups is 1. The van der Waals surface area contributed by atoms with Crippen molar-refractivity contribution in [2.45, 2.75) is 45.7 Å². The van der Waals surface area contributed by atoms with Gasteiger partial charge in [-0.05, 0) is 74.4 Å². The zero-order valence-corrected chi connectivity index (χ0v) is 19.5. The molecule has 2 aromatic rings. The molecule has 2 aliphatic rings. The number of rotatable bonds is 6. The van der Waals surface area contributed by atoms with Crippen LogP contribution in [0.15, 0.2) is 60.0 Å². The van der Waals surface area contributed by atoms with E-state index >= 15 is 0 Å². The van der Waals surface area contributed by atoms with Gasteiger partial charge in [-0.25, -0.2) is 9.18 Å². The molecule has 35 heavy (non-hydrogen) atoms. The standard InChI is InChI=1S/C27H27F4NO3/c1-16-5-3-4-6-19(16)15-35-25-12-9-20(27(29,30)31)14-21(25)23-11-7-17(2)32(23)24-13-18(26(33)34)8-10-22(24)28/h3-4,7,9,11-14,16,19H,5-6,8,10,15H2,1-2H3,(H,33,34). The number of ether oxygens (including phenoxy) is 1. The van der Waals surface area contributed by atoms with E-state index in [0.717, 1.165) is 25.0 Å². The Labute approximate surface area is 201 Å². The van der Waals surface area contributed by atoms with Crippen molar-refractivity contribution in [2.75, 3.05) is 6.61 Å². The van der Waals surface area contributed by atoms with Crippen LogP contribution in [-0.4, -0.2) is 22.2 Å². The van der Waals surface area contributed by atoms with Crippen molar-refractivity contribution in [3.63, 3.8) is 0 Å². The number of hydrogen-bond acceptors (Lipinski definition) is 2. The van der Waals surface area contributed by atoms with Gasteiger partial charge >= 0.3 is 12.1 Å². The van der Waals surface area contributed by atoms with Crippen molar-refractivity contribution in [1.82, 2.24) is 4.57 Å². The van der Waals surface area contributed by atoms with Gasteiger partial charge in [0.15, 0.2) is 0 Å². The Morgan fingerprint density at radius 3 is 2.57 bits per heavy atom. The lowest BCUT2D eigenvalue weighted by molar-refractivity contribution is -0.137. The predicted octanol–water partition coefficient (Wildman–Crippen LogP) is 7.41. The molecule has 1 heterocycles. The summed E-state index contributed by atoms with van der Waals surface area (Å²) in [6.07, 6.45) is 2.58. The molecule has 1 N–H and O–H groups in total. The van der Waals surface area contributed by atoms with Gasteiger partial charge in [-0.15, -0.1) is 0 Å². The number of benzene rings is 1. The van der Waals surface area contributed by atoms with Crippen molar-refractivity contribution in [1.29, 1.82) is 0 Å². The molecule has 4 rings (SSSR count). The van der Waals surface area contributed by atoms with Crippen LogP contribution < -0.4 is 4.74 Å². The number of carboxylic acids is 1. The van der Waals surface area contributed by atoms with E-state index in [4.69, 9.17) is 4.74 Å². The number of carboxylic acid groups (broad SMARTS) is 1. The van der Waals surface area contributed by atoms with Crippen LogP contribution in [-0.2, 0) is 11.0 Å². The fraction of sp³-hybridized carbons (Fsp3) is 0.370. The topological polar surface area (TPSA) is 51.5 Å². The lowest BCUT2D eigenvalue weighted by Crippen LogP contribution is -2.21. The summed E-state index contributed by atoms with van der Waals surface area (Å²) in [5, 5.41) is 9.41. The van der Waals surface area contributed by atoms with E-state index in [2.05, 4.69) is 19.1 Å². The number of allylic oxidation sites excluding steroid dienone is 5. The molecule has 2 atom stereocenters. The summed E-state index contributed by atoms with van der Waals surface area (Å²) in [5.74, 6) is -0.806. The average Bonchev–Trinajstić information content (AvgIpc) is 3.19. The fourth-order valence-electron chi connectivity index (χ4n) is 4.58. The molecule has 4 nitrogen and oxygen atoms in total. The molecule has 1 aromatic carbocycles. The maximum absolute atomic E-state index is 14.9. The average molecular weight is 490 g/mol. The minimum Gasteiger partial charge on any atom is -0.493 e. The quantitative estimate of drug-likeness (QED) is 0.340. The monoisotopic (exact) mass is 489 g/mol. The highest BCUT2D eigenvalue weighted by atomic mass is 19.4. The summed E-state index contributed by atoms with van der Waals surface area (Å²) in [5.41, 5.74) is 0.235. The van der Waals surface area contributed by atoms with Crippen LogP contribution in [0.2, 0.25) is 0 Å². The van der Waals surface area contributed by atoms with E-state index < -0.39 is 23.5 Å². The normalized spacial score (nSPS) is 20.7. The Bertz CT molecular complexity index is 1220. The molecule has 0 saturated carbocycles. The molecule has 0 aliphatic heterocycles. The van der Waals surface area contributed by atoms with E-state index in [9.17, 15) is 27.5 Å². The molecule has 186 valence electrons. The largest absolute Gasteiger partial charge is 0.493 e. The van der Waals surface area contributed by atoms with E-state index in [1.54, 1.807) is 19.1 Å². The molecule has 0 bridgehead atoms. The SMILES string of the molecule is Cc1ccc(-c2cc(C(F)(F)F)ccc2OCC2CC=CCC2C)n1C1=C(F)CCC(C(=O)O)=C1. The second-order valence-corrected chi connectivity index (χ2v) is 9.16. The first-order valence-electron chi connectivity index (χ1n) is 11.6. The molecular formula is C27H27F4NO3. The summed E-state index contributed by atoms with van der Waals surface area (Å²) in [6.45, 7) is 4.14.